The van der Waals surface area contributed by atoms with Crippen LogP contribution in [0.2, 0.25) is 0 Å². The van der Waals surface area contributed by atoms with Crippen molar-refractivity contribution in [1.82, 2.24) is 28.7 Å². The van der Waals surface area contributed by atoms with Crippen molar-refractivity contribution >= 4 is 65.5 Å². The second-order valence-electron chi connectivity index (χ2n) is 16.1. The Hall–Kier alpha value is -8.61. The molecular weight excluding hydrogens is 769 g/mol. The summed E-state index contributed by atoms with van der Waals surface area (Å²) in [7, 11) is 0. The van der Waals surface area contributed by atoms with Crippen LogP contribution in [0, 0.1) is 0 Å². The van der Waals surface area contributed by atoms with Crippen molar-refractivity contribution in [1.29, 1.82) is 0 Å². The number of hydrogen-bond acceptors (Lipinski definition) is 3. The van der Waals surface area contributed by atoms with Gasteiger partial charge in [0, 0.05) is 61.7 Å². The molecule has 8 aromatic carbocycles. The SMILES string of the molecule is c1ccc(-c2cc(-n3c4ccccc4c4cc(-c5ccc6c(c5)c5ccccc5n6-c5cccc(-n6c7ccccc7c7ncccc76)c5)ccc43)nc(-c3ccccc3)n2)cc1. The van der Waals surface area contributed by atoms with Crippen molar-refractivity contribution in [2.24, 2.45) is 0 Å². The first kappa shape index (κ1) is 35.2. The Kier molecular flexibility index (Phi) is 7.80. The van der Waals surface area contributed by atoms with Gasteiger partial charge in [-0.15, -0.1) is 0 Å². The molecule has 0 unspecified atom stereocenters. The third-order valence-electron chi connectivity index (χ3n) is 12.5. The highest BCUT2D eigenvalue weighted by molar-refractivity contribution is 6.13. The lowest BCUT2D eigenvalue weighted by Crippen LogP contribution is -2.02. The van der Waals surface area contributed by atoms with Gasteiger partial charge < -0.3 is 9.13 Å². The van der Waals surface area contributed by atoms with Gasteiger partial charge in [-0.05, 0) is 83.9 Å². The first-order chi connectivity index (χ1) is 31.2. The van der Waals surface area contributed by atoms with Gasteiger partial charge >= 0.3 is 0 Å². The van der Waals surface area contributed by atoms with Crippen molar-refractivity contribution in [3.8, 4) is 51.0 Å². The van der Waals surface area contributed by atoms with E-state index in [0.29, 0.717) is 5.82 Å². The summed E-state index contributed by atoms with van der Waals surface area (Å²) in [6.45, 7) is 0. The molecule has 13 aromatic rings. The molecule has 0 radical (unpaired) electrons. The normalized spacial score (nSPS) is 11.8. The number of hydrogen-bond donors (Lipinski definition) is 0. The molecule has 0 amide bonds. The molecule has 294 valence electrons. The van der Waals surface area contributed by atoms with E-state index in [9.17, 15) is 0 Å². The fourth-order valence-electron chi connectivity index (χ4n) is 9.68. The highest BCUT2D eigenvalue weighted by atomic mass is 15.1. The van der Waals surface area contributed by atoms with E-state index in [1.165, 1.54) is 27.1 Å². The van der Waals surface area contributed by atoms with Gasteiger partial charge in [-0.3, -0.25) is 9.55 Å². The number of pyridine rings is 1. The van der Waals surface area contributed by atoms with Crippen LogP contribution in [0.15, 0.2) is 219 Å². The van der Waals surface area contributed by atoms with Crippen LogP contribution in [0.4, 0.5) is 0 Å². The summed E-state index contributed by atoms with van der Waals surface area (Å²) in [6, 6.07) is 75.4. The lowest BCUT2D eigenvalue weighted by molar-refractivity contribution is 1.05. The summed E-state index contributed by atoms with van der Waals surface area (Å²) in [5.41, 5.74) is 15.2. The lowest BCUT2D eigenvalue weighted by atomic mass is 10.0. The van der Waals surface area contributed by atoms with Gasteiger partial charge in [0.15, 0.2) is 5.82 Å². The van der Waals surface area contributed by atoms with Gasteiger partial charge in [-0.25, -0.2) is 9.97 Å². The van der Waals surface area contributed by atoms with Crippen LogP contribution in [0.25, 0.3) is 117 Å². The molecule has 0 N–H and O–H groups in total. The molecule has 0 aliphatic rings. The van der Waals surface area contributed by atoms with Crippen molar-refractivity contribution in [3.05, 3.63) is 219 Å². The summed E-state index contributed by atoms with van der Waals surface area (Å²) < 4.78 is 7.02. The van der Waals surface area contributed by atoms with Crippen LogP contribution >= 0.6 is 0 Å². The Morgan fingerprint density at radius 2 is 0.810 bits per heavy atom. The summed E-state index contributed by atoms with van der Waals surface area (Å²) >= 11 is 0. The third kappa shape index (κ3) is 5.55. The maximum absolute atomic E-state index is 5.23. The first-order valence-corrected chi connectivity index (χ1v) is 21.3. The number of fused-ring (bicyclic) bond motifs is 9. The minimum absolute atomic E-state index is 0.692. The predicted octanol–water partition coefficient (Wildman–Crippen LogP) is 14.2. The van der Waals surface area contributed by atoms with E-state index in [4.69, 9.17) is 15.0 Å². The average molecular weight is 805 g/mol. The highest BCUT2D eigenvalue weighted by Crippen LogP contribution is 2.39. The van der Waals surface area contributed by atoms with E-state index >= 15 is 0 Å². The number of aromatic nitrogens is 6. The summed E-state index contributed by atoms with van der Waals surface area (Å²) in [5, 5.41) is 5.91. The molecule has 0 spiro atoms. The van der Waals surface area contributed by atoms with Crippen molar-refractivity contribution in [3.63, 3.8) is 0 Å². The summed E-state index contributed by atoms with van der Waals surface area (Å²) in [4.78, 5) is 15.1. The highest BCUT2D eigenvalue weighted by Gasteiger charge is 2.19. The zero-order chi connectivity index (χ0) is 41.4. The predicted molar refractivity (Wildman–Crippen MR) is 259 cm³/mol. The molecule has 0 saturated carbocycles. The molecule has 0 saturated heterocycles. The van der Waals surface area contributed by atoms with E-state index in [-0.39, 0.29) is 0 Å². The summed E-state index contributed by atoms with van der Waals surface area (Å²) in [5.74, 6) is 1.52. The smallest absolute Gasteiger partial charge is 0.162 e. The number of para-hydroxylation sites is 3. The summed E-state index contributed by atoms with van der Waals surface area (Å²) in [6.07, 6.45) is 1.88. The molecular formula is C57H36N6. The fraction of sp³-hybridized carbons (Fsp3) is 0. The van der Waals surface area contributed by atoms with Crippen molar-refractivity contribution in [2.45, 2.75) is 0 Å². The number of rotatable bonds is 6. The first-order valence-electron chi connectivity index (χ1n) is 21.3. The number of benzene rings is 8. The molecule has 6 nitrogen and oxygen atoms in total. The van der Waals surface area contributed by atoms with Gasteiger partial charge in [0.1, 0.15) is 5.82 Å². The van der Waals surface area contributed by atoms with Crippen LogP contribution in [0.3, 0.4) is 0 Å². The van der Waals surface area contributed by atoms with Crippen LogP contribution in [-0.2, 0) is 0 Å². The van der Waals surface area contributed by atoms with E-state index in [2.05, 4.69) is 196 Å². The second kappa shape index (κ2) is 14.0. The van der Waals surface area contributed by atoms with Crippen LogP contribution in [0.5, 0.6) is 0 Å². The van der Waals surface area contributed by atoms with Crippen molar-refractivity contribution in [2.75, 3.05) is 0 Å². The lowest BCUT2D eigenvalue weighted by Gasteiger charge is -2.13. The number of nitrogens with zero attached hydrogens (tertiary/aromatic N) is 6. The Bertz CT molecular complexity index is 3800. The van der Waals surface area contributed by atoms with Crippen LogP contribution in [-0.4, -0.2) is 28.7 Å². The maximum Gasteiger partial charge on any atom is 0.162 e. The molecule has 5 aromatic heterocycles. The van der Waals surface area contributed by atoms with Gasteiger partial charge in [0.2, 0.25) is 0 Å². The Labute approximate surface area is 362 Å². The van der Waals surface area contributed by atoms with Crippen molar-refractivity contribution < 1.29 is 0 Å². The third-order valence-corrected chi connectivity index (χ3v) is 12.5. The minimum Gasteiger partial charge on any atom is -0.309 e. The Balaban J connectivity index is 0.959. The molecule has 0 bridgehead atoms. The minimum atomic E-state index is 0.692. The molecule has 0 fully saturated rings. The molecule has 63 heavy (non-hydrogen) atoms. The van der Waals surface area contributed by atoms with Crippen LogP contribution in [0.1, 0.15) is 0 Å². The molecule has 0 atom stereocenters. The van der Waals surface area contributed by atoms with Gasteiger partial charge in [0.05, 0.1) is 44.3 Å². The standard InChI is InChI=1S/C57H36N6/c1-3-15-37(16-4-1)48-36-55(60-57(59-48)38-17-5-2-6-18-38)63-50-25-11-8-22-44(50)47-34-40(29-31-53(47)63)39-28-30-52-46(33-39)43-21-7-10-24-49(43)61(52)41-19-13-20-42(35-41)62-51-26-12-9-23-45(51)56-54(62)27-14-32-58-56/h1-36H. The van der Waals surface area contributed by atoms with E-state index < -0.39 is 0 Å². The van der Waals surface area contributed by atoms with Crippen LogP contribution < -0.4 is 0 Å². The second-order valence-corrected chi connectivity index (χ2v) is 16.1. The van der Waals surface area contributed by atoms with Gasteiger partial charge in [-0.2, -0.15) is 0 Å². The molecule has 5 heterocycles. The van der Waals surface area contributed by atoms with Gasteiger partial charge in [-0.1, -0.05) is 133 Å². The topological polar surface area (TPSA) is 53.5 Å². The average Bonchev–Trinajstić information content (AvgIpc) is 4.00. The van der Waals surface area contributed by atoms with E-state index in [1.54, 1.807) is 0 Å². The Morgan fingerprint density at radius 1 is 0.302 bits per heavy atom. The quantitative estimate of drug-likeness (QED) is 0.168. The van der Waals surface area contributed by atoms with E-state index in [0.717, 1.165) is 83.6 Å². The fourth-order valence-corrected chi connectivity index (χ4v) is 9.68. The van der Waals surface area contributed by atoms with E-state index in [1.807, 2.05) is 36.5 Å². The largest absolute Gasteiger partial charge is 0.309 e. The molecule has 0 aliphatic heterocycles. The van der Waals surface area contributed by atoms with Gasteiger partial charge in [0.25, 0.3) is 0 Å². The molecule has 6 heteroatoms. The monoisotopic (exact) mass is 804 g/mol. The zero-order valence-corrected chi connectivity index (χ0v) is 34.0. The maximum atomic E-state index is 5.23. The molecule has 13 rings (SSSR count). The Morgan fingerprint density at radius 3 is 1.48 bits per heavy atom. The molecule has 0 aliphatic carbocycles. The zero-order valence-electron chi connectivity index (χ0n) is 34.0.